The zero-order valence-corrected chi connectivity index (χ0v) is 11.6. The number of aryl methyl sites for hydroxylation is 2. The van der Waals surface area contributed by atoms with Crippen LogP contribution in [0, 0.1) is 25.2 Å². The molecule has 2 aromatic rings. The zero-order valence-electron chi connectivity index (χ0n) is 10.8. The van der Waals surface area contributed by atoms with Gasteiger partial charge in [-0.25, -0.2) is 0 Å². The van der Waals surface area contributed by atoms with Crippen molar-refractivity contribution in [3.8, 4) is 6.07 Å². The molecule has 4 nitrogen and oxygen atoms in total. The maximum absolute atomic E-state index is 9.32. The van der Waals surface area contributed by atoms with Gasteiger partial charge in [-0.15, -0.1) is 11.3 Å². The van der Waals surface area contributed by atoms with E-state index in [0.717, 1.165) is 17.0 Å². The van der Waals surface area contributed by atoms with Crippen molar-refractivity contribution in [2.24, 2.45) is 7.05 Å². The maximum Gasteiger partial charge on any atom is 0.125 e. The number of nitrogens with one attached hydrogen (secondary N) is 1. The van der Waals surface area contributed by atoms with Crippen LogP contribution in [0.15, 0.2) is 17.5 Å². The molecule has 0 saturated carbocycles. The van der Waals surface area contributed by atoms with E-state index in [2.05, 4.69) is 22.6 Å². The van der Waals surface area contributed by atoms with Crippen LogP contribution in [0.5, 0.6) is 0 Å². The Morgan fingerprint density at radius 2 is 2.33 bits per heavy atom. The summed E-state index contributed by atoms with van der Waals surface area (Å²) in [5, 5.41) is 19.0. The van der Waals surface area contributed by atoms with Crippen LogP contribution in [0.4, 0.5) is 0 Å². The molecule has 18 heavy (non-hydrogen) atoms. The second kappa shape index (κ2) is 5.34. The molecule has 2 heterocycles. The second-order valence-corrected chi connectivity index (χ2v) is 5.26. The number of rotatable bonds is 4. The maximum atomic E-state index is 9.32. The Morgan fingerprint density at radius 3 is 2.83 bits per heavy atom. The summed E-state index contributed by atoms with van der Waals surface area (Å²) in [5.74, 6) is 0. The van der Waals surface area contributed by atoms with Gasteiger partial charge in [0.25, 0.3) is 0 Å². The molecule has 94 valence electrons. The fourth-order valence-corrected chi connectivity index (χ4v) is 2.69. The van der Waals surface area contributed by atoms with Crippen molar-refractivity contribution in [1.29, 1.82) is 5.26 Å². The standard InChI is InChI=1S/C13H16N4S/c1-9-13(10(2)17(3)16-9)12(7-14)15-8-11-5-4-6-18-11/h4-6,12,15H,8H2,1-3H3. The van der Waals surface area contributed by atoms with Crippen LogP contribution in [0.2, 0.25) is 0 Å². The summed E-state index contributed by atoms with van der Waals surface area (Å²) in [6.07, 6.45) is 0. The molecule has 0 bridgehead atoms. The normalized spacial score (nSPS) is 12.3. The van der Waals surface area contributed by atoms with Crippen molar-refractivity contribution in [3.05, 3.63) is 39.3 Å². The van der Waals surface area contributed by atoms with Gasteiger partial charge in [-0.1, -0.05) is 6.07 Å². The molecule has 2 rings (SSSR count). The van der Waals surface area contributed by atoms with E-state index in [-0.39, 0.29) is 6.04 Å². The minimum atomic E-state index is -0.305. The molecule has 1 unspecified atom stereocenters. The number of hydrogen-bond acceptors (Lipinski definition) is 4. The molecule has 0 amide bonds. The summed E-state index contributed by atoms with van der Waals surface area (Å²) >= 11 is 1.69. The molecule has 0 fully saturated rings. The molecule has 0 aliphatic carbocycles. The van der Waals surface area contributed by atoms with Gasteiger partial charge in [0.15, 0.2) is 0 Å². The Labute approximate surface area is 111 Å². The lowest BCUT2D eigenvalue weighted by Crippen LogP contribution is -2.20. The Morgan fingerprint density at radius 1 is 1.56 bits per heavy atom. The van der Waals surface area contributed by atoms with E-state index in [9.17, 15) is 5.26 Å². The fraction of sp³-hybridized carbons (Fsp3) is 0.385. The molecular formula is C13H16N4S. The highest BCUT2D eigenvalue weighted by atomic mass is 32.1. The third-order valence-corrected chi connectivity index (χ3v) is 3.92. The molecule has 0 spiro atoms. The summed E-state index contributed by atoms with van der Waals surface area (Å²) in [5.41, 5.74) is 2.95. The molecule has 5 heteroatoms. The van der Waals surface area contributed by atoms with Gasteiger partial charge in [0.2, 0.25) is 0 Å². The van der Waals surface area contributed by atoms with Crippen molar-refractivity contribution < 1.29 is 0 Å². The Hall–Kier alpha value is -1.64. The lowest BCUT2D eigenvalue weighted by Gasteiger charge is -2.11. The summed E-state index contributed by atoms with van der Waals surface area (Å²) < 4.78 is 1.82. The van der Waals surface area contributed by atoms with Crippen LogP contribution in [0.1, 0.15) is 27.9 Å². The van der Waals surface area contributed by atoms with Crippen molar-refractivity contribution in [1.82, 2.24) is 15.1 Å². The largest absolute Gasteiger partial charge is 0.293 e. The summed E-state index contributed by atoms with van der Waals surface area (Å²) in [4.78, 5) is 1.23. The molecule has 1 atom stereocenters. The number of nitriles is 1. The van der Waals surface area contributed by atoms with Gasteiger partial charge in [0.1, 0.15) is 6.04 Å². The quantitative estimate of drug-likeness (QED) is 0.918. The first-order chi connectivity index (χ1) is 8.63. The predicted molar refractivity (Wildman–Crippen MR) is 72.2 cm³/mol. The van der Waals surface area contributed by atoms with E-state index in [1.807, 2.05) is 37.0 Å². The van der Waals surface area contributed by atoms with Crippen LogP contribution in [0.3, 0.4) is 0 Å². The van der Waals surface area contributed by atoms with Gasteiger partial charge in [0, 0.05) is 29.7 Å². The SMILES string of the molecule is Cc1nn(C)c(C)c1C(C#N)NCc1cccs1. The Balaban J connectivity index is 2.16. The molecule has 0 aliphatic rings. The molecule has 1 N–H and O–H groups in total. The fourth-order valence-electron chi connectivity index (χ4n) is 2.04. The molecule has 0 radical (unpaired) electrons. The van der Waals surface area contributed by atoms with Crippen molar-refractivity contribution >= 4 is 11.3 Å². The molecule has 0 saturated heterocycles. The second-order valence-electron chi connectivity index (χ2n) is 4.23. The lowest BCUT2D eigenvalue weighted by atomic mass is 10.1. The molecular weight excluding hydrogens is 244 g/mol. The van der Waals surface area contributed by atoms with E-state index in [1.54, 1.807) is 11.3 Å². The first kappa shape index (κ1) is 12.8. The minimum Gasteiger partial charge on any atom is -0.293 e. The van der Waals surface area contributed by atoms with Crippen molar-refractivity contribution in [2.45, 2.75) is 26.4 Å². The first-order valence-corrected chi connectivity index (χ1v) is 6.67. The minimum absolute atomic E-state index is 0.305. The van der Waals surface area contributed by atoms with E-state index in [1.165, 1.54) is 4.88 Å². The van der Waals surface area contributed by atoms with Gasteiger partial charge >= 0.3 is 0 Å². The third-order valence-electron chi connectivity index (χ3n) is 3.04. The van der Waals surface area contributed by atoms with Gasteiger partial charge < -0.3 is 0 Å². The third kappa shape index (κ3) is 2.45. The van der Waals surface area contributed by atoms with Gasteiger partial charge in [-0.05, 0) is 25.3 Å². The molecule has 0 aliphatic heterocycles. The number of nitrogens with zero attached hydrogens (tertiary/aromatic N) is 3. The van der Waals surface area contributed by atoms with E-state index in [4.69, 9.17) is 0 Å². The van der Waals surface area contributed by atoms with Crippen LogP contribution in [0.25, 0.3) is 0 Å². The van der Waals surface area contributed by atoms with Crippen LogP contribution >= 0.6 is 11.3 Å². The average molecular weight is 260 g/mol. The topological polar surface area (TPSA) is 53.6 Å². The van der Waals surface area contributed by atoms with E-state index < -0.39 is 0 Å². The first-order valence-electron chi connectivity index (χ1n) is 5.79. The van der Waals surface area contributed by atoms with E-state index >= 15 is 0 Å². The summed E-state index contributed by atoms with van der Waals surface area (Å²) in [6, 6.07) is 6.09. The summed E-state index contributed by atoms with van der Waals surface area (Å²) in [6.45, 7) is 4.65. The van der Waals surface area contributed by atoms with Gasteiger partial charge in [0.05, 0.1) is 11.8 Å². The molecule has 0 aromatic carbocycles. The van der Waals surface area contributed by atoms with E-state index in [0.29, 0.717) is 6.54 Å². The van der Waals surface area contributed by atoms with Crippen molar-refractivity contribution in [3.63, 3.8) is 0 Å². The number of aromatic nitrogens is 2. The highest BCUT2D eigenvalue weighted by Crippen LogP contribution is 2.21. The Bertz CT molecular complexity index is 563. The lowest BCUT2D eigenvalue weighted by molar-refractivity contribution is 0.628. The van der Waals surface area contributed by atoms with Gasteiger partial charge in [-0.3, -0.25) is 10.00 Å². The number of thiophene rings is 1. The zero-order chi connectivity index (χ0) is 13.1. The Kier molecular flexibility index (Phi) is 3.80. The summed E-state index contributed by atoms with van der Waals surface area (Å²) in [7, 11) is 1.90. The predicted octanol–water partition coefficient (Wildman–Crippen LogP) is 2.45. The smallest absolute Gasteiger partial charge is 0.125 e. The number of hydrogen-bond donors (Lipinski definition) is 1. The van der Waals surface area contributed by atoms with Crippen LogP contribution in [-0.2, 0) is 13.6 Å². The van der Waals surface area contributed by atoms with Gasteiger partial charge in [-0.2, -0.15) is 10.4 Å². The van der Waals surface area contributed by atoms with Crippen LogP contribution < -0.4 is 5.32 Å². The molecule has 2 aromatic heterocycles. The highest BCUT2D eigenvalue weighted by molar-refractivity contribution is 7.09. The monoisotopic (exact) mass is 260 g/mol. The average Bonchev–Trinajstić information content (AvgIpc) is 2.93. The van der Waals surface area contributed by atoms with Crippen LogP contribution in [-0.4, -0.2) is 9.78 Å². The van der Waals surface area contributed by atoms with Crippen molar-refractivity contribution in [2.75, 3.05) is 0 Å². The highest BCUT2D eigenvalue weighted by Gasteiger charge is 2.19.